The van der Waals surface area contributed by atoms with Gasteiger partial charge in [-0.3, -0.25) is 24.3 Å². The van der Waals surface area contributed by atoms with E-state index in [0.29, 0.717) is 0 Å². The number of nitrogens with one attached hydrogen (secondary N) is 1. The van der Waals surface area contributed by atoms with Gasteiger partial charge in [0.15, 0.2) is 0 Å². The Morgan fingerprint density at radius 1 is 1.00 bits per heavy atom. The molecule has 0 saturated heterocycles. The van der Waals surface area contributed by atoms with Gasteiger partial charge in [0, 0.05) is 11.6 Å². The average molecular weight is 399 g/mol. The molecular weight excluding hydrogens is 387 g/mol. The summed E-state index contributed by atoms with van der Waals surface area (Å²) in [6.07, 6.45) is -3.21. The standard InChI is InChI=1S/C20H12F3N3O3/c21-20(22,23)11-5-6-15-14(9-11)16(7-8-24-15)25-17(27)10-26-18(28)12-3-1-2-4-13(12)19(26)29/h1-9H,10H2,(H,24,25,27). The summed E-state index contributed by atoms with van der Waals surface area (Å²) in [5.74, 6) is -1.91. The highest BCUT2D eigenvalue weighted by Gasteiger charge is 2.36. The van der Waals surface area contributed by atoms with E-state index in [-0.39, 0.29) is 27.7 Å². The van der Waals surface area contributed by atoms with Crippen molar-refractivity contribution >= 4 is 34.3 Å². The van der Waals surface area contributed by atoms with Crippen LogP contribution < -0.4 is 5.32 Å². The van der Waals surface area contributed by atoms with Crippen LogP contribution in [0.3, 0.4) is 0 Å². The van der Waals surface area contributed by atoms with Gasteiger partial charge in [-0.2, -0.15) is 13.2 Å². The van der Waals surface area contributed by atoms with Gasteiger partial charge in [0.05, 0.1) is 27.9 Å². The van der Waals surface area contributed by atoms with Crippen molar-refractivity contribution in [3.8, 4) is 0 Å². The van der Waals surface area contributed by atoms with E-state index in [1.54, 1.807) is 12.1 Å². The van der Waals surface area contributed by atoms with E-state index in [0.717, 1.165) is 17.0 Å². The summed E-state index contributed by atoms with van der Waals surface area (Å²) in [6, 6.07) is 10.5. The Morgan fingerprint density at radius 3 is 2.28 bits per heavy atom. The topological polar surface area (TPSA) is 79.4 Å². The summed E-state index contributed by atoms with van der Waals surface area (Å²) in [6.45, 7) is -0.560. The van der Waals surface area contributed by atoms with E-state index in [1.807, 2.05) is 0 Å². The molecule has 3 amide bonds. The van der Waals surface area contributed by atoms with Crippen molar-refractivity contribution in [3.63, 3.8) is 0 Å². The average Bonchev–Trinajstić information content (AvgIpc) is 2.92. The maximum Gasteiger partial charge on any atom is 0.416 e. The summed E-state index contributed by atoms with van der Waals surface area (Å²) >= 11 is 0. The number of amides is 3. The molecule has 29 heavy (non-hydrogen) atoms. The Labute approximate surface area is 161 Å². The quantitative estimate of drug-likeness (QED) is 0.684. The van der Waals surface area contributed by atoms with Crippen LogP contribution >= 0.6 is 0 Å². The zero-order chi connectivity index (χ0) is 20.8. The fourth-order valence-corrected chi connectivity index (χ4v) is 3.15. The van der Waals surface area contributed by atoms with Crippen molar-refractivity contribution in [2.45, 2.75) is 6.18 Å². The number of carbonyl (C=O) groups is 3. The monoisotopic (exact) mass is 399 g/mol. The zero-order valence-corrected chi connectivity index (χ0v) is 14.7. The van der Waals surface area contributed by atoms with Crippen LogP contribution in [0.2, 0.25) is 0 Å². The molecule has 0 bridgehead atoms. The van der Waals surface area contributed by atoms with Gasteiger partial charge in [-0.1, -0.05) is 12.1 Å². The van der Waals surface area contributed by atoms with Crippen LogP contribution in [0.1, 0.15) is 26.3 Å². The lowest BCUT2D eigenvalue weighted by Gasteiger charge is -2.15. The second-order valence-electron chi connectivity index (χ2n) is 6.38. The second-order valence-corrected chi connectivity index (χ2v) is 6.38. The van der Waals surface area contributed by atoms with Crippen LogP contribution in [0, 0.1) is 0 Å². The van der Waals surface area contributed by atoms with Gasteiger partial charge in [-0.25, -0.2) is 0 Å². The van der Waals surface area contributed by atoms with Crippen molar-refractivity contribution < 1.29 is 27.6 Å². The smallest absolute Gasteiger partial charge is 0.324 e. The molecule has 0 fully saturated rings. The van der Waals surface area contributed by atoms with Crippen LogP contribution in [0.15, 0.2) is 54.7 Å². The molecule has 1 aliphatic heterocycles. The highest BCUT2D eigenvalue weighted by molar-refractivity contribution is 6.22. The lowest BCUT2D eigenvalue weighted by Crippen LogP contribution is -2.37. The summed E-state index contributed by atoms with van der Waals surface area (Å²) in [5.41, 5.74) is -0.114. The highest BCUT2D eigenvalue weighted by atomic mass is 19.4. The van der Waals surface area contributed by atoms with Crippen LogP contribution in [-0.4, -0.2) is 34.2 Å². The largest absolute Gasteiger partial charge is 0.416 e. The summed E-state index contributed by atoms with van der Waals surface area (Å²) < 4.78 is 39.0. The third kappa shape index (κ3) is 3.31. The molecule has 0 unspecified atom stereocenters. The molecule has 2 heterocycles. The SMILES string of the molecule is O=C(CN1C(=O)c2ccccc2C1=O)Nc1ccnc2ccc(C(F)(F)F)cc12. The van der Waals surface area contributed by atoms with Gasteiger partial charge in [0.25, 0.3) is 11.8 Å². The molecule has 0 atom stereocenters. The summed E-state index contributed by atoms with van der Waals surface area (Å²) in [5, 5.41) is 2.56. The lowest BCUT2D eigenvalue weighted by molar-refractivity contribution is -0.137. The molecule has 1 aromatic heterocycles. The molecular formula is C20H12F3N3O3. The van der Waals surface area contributed by atoms with Gasteiger partial charge in [0.2, 0.25) is 5.91 Å². The van der Waals surface area contributed by atoms with Crippen molar-refractivity contribution in [1.82, 2.24) is 9.88 Å². The number of benzene rings is 2. The first-order valence-electron chi connectivity index (χ1n) is 8.47. The van der Waals surface area contributed by atoms with E-state index in [9.17, 15) is 27.6 Å². The second kappa shape index (κ2) is 6.69. The van der Waals surface area contributed by atoms with E-state index in [1.165, 1.54) is 30.5 Å². The van der Waals surface area contributed by atoms with Gasteiger partial charge in [0.1, 0.15) is 6.54 Å². The first-order valence-corrected chi connectivity index (χ1v) is 8.47. The van der Waals surface area contributed by atoms with E-state index in [4.69, 9.17) is 0 Å². The normalized spacial score (nSPS) is 13.7. The lowest BCUT2D eigenvalue weighted by atomic mass is 10.1. The number of rotatable bonds is 3. The molecule has 1 N–H and O–H groups in total. The van der Waals surface area contributed by atoms with Crippen LogP contribution in [0.25, 0.3) is 10.9 Å². The first-order chi connectivity index (χ1) is 13.8. The Morgan fingerprint density at radius 2 is 1.66 bits per heavy atom. The van der Waals surface area contributed by atoms with E-state index >= 15 is 0 Å². The van der Waals surface area contributed by atoms with E-state index < -0.39 is 36.0 Å². The Hall–Kier alpha value is -3.75. The molecule has 6 nitrogen and oxygen atoms in total. The van der Waals surface area contributed by atoms with Crippen LogP contribution in [0.4, 0.5) is 18.9 Å². The minimum Gasteiger partial charge on any atom is -0.324 e. The van der Waals surface area contributed by atoms with Crippen molar-refractivity contribution in [2.24, 2.45) is 0 Å². The van der Waals surface area contributed by atoms with Crippen molar-refractivity contribution in [1.29, 1.82) is 0 Å². The molecule has 4 rings (SSSR count). The molecule has 1 aliphatic rings. The number of hydrogen-bond donors (Lipinski definition) is 1. The molecule has 9 heteroatoms. The zero-order valence-electron chi connectivity index (χ0n) is 14.7. The maximum atomic E-state index is 13.0. The number of aromatic nitrogens is 1. The molecule has 0 radical (unpaired) electrons. The van der Waals surface area contributed by atoms with Crippen molar-refractivity contribution in [2.75, 3.05) is 11.9 Å². The minimum atomic E-state index is -4.55. The summed E-state index contributed by atoms with van der Waals surface area (Å²) in [7, 11) is 0. The molecule has 0 spiro atoms. The number of alkyl halides is 3. The molecule has 146 valence electrons. The van der Waals surface area contributed by atoms with Crippen LogP contribution in [0.5, 0.6) is 0 Å². The van der Waals surface area contributed by atoms with E-state index in [2.05, 4.69) is 10.3 Å². The van der Waals surface area contributed by atoms with Gasteiger partial charge < -0.3 is 5.32 Å². The number of pyridine rings is 1. The Bertz CT molecular complexity index is 1140. The number of fused-ring (bicyclic) bond motifs is 2. The first kappa shape index (κ1) is 18.6. The maximum absolute atomic E-state index is 13.0. The molecule has 0 aliphatic carbocycles. The molecule has 0 saturated carbocycles. The Balaban J connectivity index is 1.59. The number of halogens is 3. The third-order valence-electron chi connectivity index (χ3n) is 4.52. The number of anilines is 1. The number of nitrogens with zero attached hydrogens (tertiary/aromatic N) is 2. The van der Waals surface area contributed by atoms with Gasteiger partial charge in [-0.05, 0) is 36.4 Å². The predicted octanol–water partition coefficient (Wildman–Crippen LogP) is 3.49. The molecule has 2 aromatic carbocycles. The van der Waals surface area contributed by atoms with Crippen molar-refractivity contribution in [3.05, 3.63) is 71.4 Å². The highest BCUT2D eigenvalue weighted by Crippen LogP contribution is 2.33. The Kier molecular flexibility index (Phi) is 4.30. The fraction of sp³-hybridized carbons (Fsp3) is 0.100. The summed E-state index contributed by atoms with van der Waals surface area (Å²) in [4.78, 5) is 41.9. The van der Waals surface area contributed by atoms with Crippen LogP contribution in [-0.2, 0) is 11.0 Å². The minimum absolute atomic E-state index is 0.0954. The number of hydrogen-bond acceptors (Lipinski definition) is 4. The molecule has 3 aromatic rings. The number of carbonyl (C=O) groups excluding carboxylic acids is 3. The third-order valence-corrected chi connectivity index (χ3v) is 4.52. The predicted molar refractivity (Wildman–Crippen MR) is 97.2 cm³/mol. The van der Waals surface area contributed by atoms with Gasteiger partial charge in [-0.15, -0.1) is 0 Å². The van der Waals surface area contributed by atoms with Gasteiger partial charge >= 0.3 is 6.18 Å². The number of imide groups is 1. The fourth-order valence-electron chi connectivity index (χ4n) is 3.15.